The summed E-state index contributed by atoms with van der Waals surface area (Å²) in [6.07, 6.45) is 4.29. The lowest BCUT2D eigenvalue weighted by atomic mass is 10.2. The highest BCUT2D eigenvalue weighted by Gasteiger charge is 2.28. The molecule has 1 amide bonds. The molecular weight excluding hydrogens is 290 g/mol. The molecule has 2 fully saturated rings. The number of aromatic nitrogens is 1. The highest BCUT2D eigenvalue weighted by atomic mass is 32.2. The zero-order chi connectivity index (χ0) is 14.9. The number of rotatable bonds is 3. The molecular formula is C14H19N3O3S. The molecule has 2 aliphatic rings. The Bertz CT molecular complexity index is 639. The second kappa shape index (κ2) is 5.63. The third-order valence-electron chi connectivity index (χ3n) is 3.98. The Balaban J connectivity index is 1.70. The molecule has 0 bridgehead atoms. The van der Waals surface area contributed by atoms with Crippen LogP contribution in [0.2, 0.25) is 0 Å². The molecule has 1 unspecified atom stereocenters. The van der Waals surface area contributed by atoms with Crippen LogP contribution in [0.4, 0.5) is 5.69 Å². The lowest BCUT2D eigenvalue weighted by molar-refractivity contribution is 0.0787. The number of anilines is 1. The van der Waals surface area contributed by atoms with Gasteiger partial charge in [0.1, 0.15) is 5.69 Å². The van der Waals surface area contributed by atoms with Gasteiger partial charge < -0.3 is 10.2 Å². The molecule has 1 aromatic rings. The first-order valence-electron chi connectivity index (χ1n) is 7.26. The second-order valence-corrected chi connectivity index (χ2v) is 7.90. The lowest BCUT2D eigenvalue weighted by Gasteiger charge is -2.16. The van der Waals surface area contributed by atoms with Crippen molar-refractivity contribution in [1.29, 1.82) is 0 Å². The van der Waals surface area contributed by atoms with Gasteiger partial charge >= 0.3 is 0 Å². The first kappa shape index (κ1) is 14.3. The summed E-state index contributed by atoms with van der Waals surface area (Å²) in [5, 5.41) is 3.19. The molecule has 0 spiro atoms. The van der Waals surface area contributed by atoms with Crippen LogP contribution >= 0.6 is 0 Å². The van der Waals surface area contributed by atoms with Crippen molar-refractivity contribution in [2.24, 2.45) is 0 Å². The van der Waals surface area contributed by atoms with Crippen LogP contribution in [0.5, 0.6) is 0 Å². The molecule has 114 valence electrons. The molecule has 3 heterocycles. The van der Waals surface area contributed by atoms with Crippen molar-refractivity contribution in [2.75, 3.05) is 29.9 Å². The maximum atomic E-state index is 12.3. The molecule has 0 aromatic carbocycles. The molecule has 0 aliphatic carbocycles. The van der Waals surface area contributed by atoms with Gasteiger partial charge in [0, 0.05) is 31.0 Å². The van der Waals surface area contributed by atoms with Crippen molar-refractivity contribution in [2.45, 2.75) is 25.3 Å². The van der Waals surface area contributed by atoms with Gasteiger partial charge in [0.15, 0.2) is 9.84 Å². The highest BCUT2D eigenvalue weighted by molar-refractivity contribution is 7.91. The zero-order valence-electron chi connectivity index (χ0n) is 11.8. The average Bonchev–Trinajstić information content (AvgIpc) is 3.08. The third-order valence-corrected chi connectivity index (χ3v) is 5.74. The van der Waals surface area contributed by atoms with E-state index in [1.807, 2.05) is 4.90 Å². The van der Waals surface area contributed by atoms with E-state index in [2.05, 4.69) is 10.3 Å². The van der Waals surface area contributed by atoms with E-state index in [9.17, 15) is 13.2 Å². The Labute approximate surface area is 124 Å². The number of hydrogen-bond acceptors (Lipinski definition) is 5. The molecule has 2 aliphatic heterocycles. The lowest BCUT2D eigenvalue weighted by Crippen LogP contribution is -2.28. The van der Waals surface area contributed by atoms with Gasteiger partial charge in [-0.1, -0.05) is 0 Å². The molecule has 1 N–H and O–H groups in total. The van der Waals surface area contributed by atoms with Crippen molar-refractivity contribution in [1.82, 2.24) is 9.88 Å². The summed E-state index contributed by atoms with van der Waals surface area (Å²) in [4.78, 5) is 18.2. The average molecular weight is 309 g/mol. The Kier molecular flexibility index (Phi) is 3.84. The van der Waals surface area contributed by atoms with E-state index in [-0.39, 0.29) is 23.5 Å². The van der Waals surface area contributed by atoms with Gasteiger partial charge in [0.25, 0.3) is 5.91 Å². The fourth-order valence-electron chi connectivity index (χ4n) is 2.86. The fraction of sp³-hybridized carbons (Fsp3) is 0.571. The van der Waals surface area contributed by atoms with E-state index in [4.69, 9.17) is 0 Å². The van der Waals surface area contributed by atoms with Crippen LogP contribution in [0.3, 0.4) is 0 Å². The number of amides is 1. The minimum atomic E-state index is -2.91. The summed E-state index contributed by atoms with van der Waals surface area (Å²) >= 11 is 0. The topological polar surface area (TPSA) is 79.4 Å². The predicted molar refractivity (Wildman–Crippen MR) is 80.1 cm³/mol. The monoisotopic (exact) mass is 309 g/mol. The van der Waals surface area contributed by atoms with Crippen molar-refractivity contribution in [3.05, 3.63) is 24.0 Å². The van der Waals surface area contributed by atoms with Crippen LogP contribution in [-0.2, 0) is 9.84 Å². The van der Waals surface area contributed by atoms with Gasteiger partial charge in [-0.25, -0.2) is 8.42 Å². The van der Waals surface area contributed by atoms with Crippen LogP contribution in [0.1, 0.15) is 29.8 Å². The summed E-state index contributed by atoms with van der Waals surface area (Å²) in [6.45, 7) is 1.58. The van der Waals surface area contributed by atoms with E-state index >= 15 is 0 Å². The smallest absolute Gasteiger partial charge is 0.272 e. The normalized spacial score (nSPS) is 24.2. The molecule has 0 radical (unpaired) electrons. The predicted octanol–water partition coefficient (Wildman–Crippen LogP) is 0.917. The SMILES string of the molecule is O=C(c1cc(NC2CCS(=O)(=O)C2)ccn1)N1CCCC1. The summed E-state index contributed by atoms with van der Waals surface area (Å²) < 4.78 is 22.9. The number of sulfone groups is 1. The highest BCUT2D eigenvalue weighted by Crippen LogP contribution is 2.19. The number of nitrogens with zero attached hydrogens (tertiary/aromatic N) is 2. The van der Waals surface area contributed by atoms with Crippen LogP contribution in [0, 0.1) is 0 Å². The quantitative estimate of drug-likeness (QED) is 0.898. The van der Waals surface area contributed by atoms with Gasteiger partial charge in [-0.05, 0) is 31.4 Å². The van der Waals surface area contributed by atoms with Crippen molar-refractivity contribution in [3.63, 3.8) is 0 Å². The van der Waals surface area contributed by atoms with Crippen LogP contribution in [0.25, 0.3) is 0 Å². The maximum Gasteiger partial charge on any atom is 0.272 e. The molecule has 3 rings (SSSR count). The first-order chi connectivity index (χ1) is 10.0. The Morgan fingerprint density at radius 1 is 1.33 bits per heavy atom. The van der Waals surface area contributed by atoms with Crippen LogP contribution in [-0.4, -0.2) is 54.8 Å². The van der Waals surface area contributed by atoms with Gasteiger partial charge in [-0.2, -0.15) is 0 Å². The summed E-state index contributed by atoms with van der Waals surface area (Å²) in [5.74, 6) is 0.343. The summed E-state index contributed by atoms with van der Waals surface area (Å²) in [7, 11) is -2.91. The van der Waals surface area contributed by atoms with Gasteiger partial charge in [-0.15, -0.1) is 0 Å². The molecule has 1 aromatic heterocycles. The number of carbonyl (C=O) groups is 1. The maximum absolute atomic E-state index is 12.3. The van der Waals surface area contributed by atoms with Crippen LogP contribution < -0.4 is 5.32 Å². The zero-order valence-corrected chi connectivity index (χ0v) is 12.6. The van der Waals surface area contributed by atoms with Gasteiger partial charge in [-0.3, -0.25) is 9.78 Å². The molecule has 1 atom stereocenters. The third kappa shape index (κ3) is 3.34. The number of likely N-dealkylation sites (tertiary alicyclic amines) is 1. The van der Waals surface area contributed by atoms with E-state index in [0.29, 0.717) is 12.1 Å². The molecule has 7 heteroatoms. The van der Waals surface area contributed by atoms with Crippen molar-refractivity contribution >= 4 is 21.4 Å². The minimum absolute atomic E-state index is 0.0461. The summed E-state index contributed by atoms with van der Waals surface area (Å²) in [5.41, 5.74) is 1.18. The molecule has 2 saturated heterocycles. The minimum Gasteiger partial charge on any atom is -0.381 e. The largest absolute Gasteiger partial charge is 0.381 e. The van der Waals surface area contributed by atoms with Crippen molar-refractivity contribution in [3.8, 4) is 0 Å². The van der Waals surface area contributed by atoms with E-state index in [0.717, 1.165) is 31.6 Å². The van der Waals surface area contributed by atoms with Gasteiger partial charge in [0.05, 0.1) is 11.5 Å². The first-order valence-corrected chi connectivity index (χ1v) is 9.08. The number of pyridine rings is 1. The second-order valence-electron chi connectivity index (χ2n) is 5.67. The van der Waals surface area contributed by atoms with Crippen LogP contribution in [0.15, 0.2) is 18.3 Å². The molecule has 0 saturated carbocycles. The number of carbonyl (C=O) groups excluding carboxylic acids is 1. The Morgan fingerprint density at radius 2 is 2.10 bits per heavy atom. The number of hydrogen-bond donors (Lipinski definition) is 1. The van der Waals surface area contributed by atoms with Crippen molar-refractivity contribution < 1.29 is 13.2 Å². The fourth-order valence-corrected chi connectivity index (χ4v) is 4.54. The molecule has 21 heavy (non-hydrogen) atoms. The Morgan fingerprint density at radius 3 is 2.76 bits per heavy atom. The van der Waals surface area contributed by atoms with E-state index in [1.54, 1.807) is 18.3 Å². The van der Waals surface area contributed by atoms with Gasteiger partial charge in [0.2, 0.25) is 0 Å². The molecule has 6 nitrogen and oxygen atoms in total. The Hall–Kier alpha value is -1.63. The summed E-state index contributed by atoms with van der Waals surface area (Å²) in [6, 6.07) is 3.41. The van der Waals surface area contributed by atoms with E-state index < -0.39 is 9.84 Å². The standard InChI is InChI=1S/C14H19N3O3S/c18-14(17-6-1-2-7-17)13-9-11(3-5-15-13)16-12-4-8-21(19,20)10-12/h3,5,9,12H,1-2,4,6-8,10H2,(H,15,16). The number of nitrogens with one attached hydrogen (secondary N) is 1. The van der Waals surface area contributed by atoms with E-state index in [1.165, 1.54) is 0 Å².